The van der Waals surface area contributed by atoms with E-state index in [1.807, 2.05) is 62.4 Å². The lowest BCUT2D eigenvalue weighted by Gasteiger charge is -2.18. The highest BCUT2D eigenvalue weighted by atomic mass is 16.5. The predicted octanol–water partition coefficient (Wildman–Crippen LogP) is 2.97. The number of hydrogen-bond acceptors (Lipinski definition) is 4. The number of rotatable bonds is 8. The van der Waals surface area contributed by atoms with Gasteiger partial charge in [0.2, 0.25) is 0 Å². The number of carbonyl (C=O) groups excluding carboxylic acids is 2. The van der Waals surface area contributed by atoms with Gasteiger partial charge in [-0.3, -0.25) is 4.79 Å². The van der Waals surface area contributed by atoms with Crippen LogP contribution in [0.2, 0.25) is 0 Å². The number of esters is 1. The van der Waals surface area contributed by atoms with Gasteiger partial charge in [-0.2, -0.15) is 0 Å². The Hall–Kier alpha value is -2.82. The van der Waals surface area contributed by atoms with Crippen LogP contribution in [0.1, 0.15) is 23.6 Å². The molecule has 1 N–H and O–H groups in total. The van der Waals surface area contributed by atoms with E-state index in [1.54, 1.807) is 6.92 Å². The second-order valence-electron chi connectivity index (χ2n) is 6.17. The fourth-order valence-electron chi connectivity index (χ4n) is 2.69. The van der Waals surface area contributed by atoms with Crippen molar-refractivity contribution in [2.24, 2.45) is 0 Å². The summed E-state index contributed by atoms with van der Waals surface area (Å²) in [5.74, 6) is -0.178. The molecule has 0 saturated carbocycles. The molecule has 0 heterocycles. The number of ether oxygens (including phenoxy) is 2. The Morgan fingerprint density at radius 3 is 2.31 bits per heavy atom. The predicted molar refractivity (Wildman–Crippen MR) is 100 cm³/mol. The summed E-state index contributed by atoms with van der Waals surface area (Å²) in [6.45, 7) is 5.78. The van der Waals surface area contributed by atoms with E-state index in [0.717, 1.165) is 16.7 Å². The minimum atomic E-state index is -0.743. The van der Waals surface area contributed by atoms with Crippen LogP contribution in [0.25, 0.3) is 0 Å². The maximum Gasteiger partial charge on any atom is 0.328 e. The molecule has 1 unspecified atom stereocenters. The fraction of sp³-hybridized carbons (Fsp3) is 0.333. The molecule has 0 fully saturated rings. The Balaban J connectivity index is 1.97. The molecular weight excluding hydrogens is 330 g/mol. The Labute approximate surface area is 154 Å². The Morgan fingerprint density at radius 1 is 1.04 bits per heavy atom. The van der Waals surface area contributed by atoms with Crippen molar-refractivity contribution in [3.63, 3.8) is 0 Å². The minimum Gasteiger partial charge on any atom is -0.484 e. The molecule has 0 radical (unpaired) electrons. The highest BCUT2D eigenvalue weighted by Crippen LogP contribution is 2.16. The van der Waals surface area contributed by atoms with Crippen molar-refractivity contribution in [1.82, 2.24) is 5.32 Å². The van der Waals surface area contributed by atoms with Gasteiger partial charge in [0.05, 0.1) is 6.61 Å². The Morgan fingerprint density at radius 2 is 1.69 bits per heavy atom. The van der Waals surface area contributed by atoms with Crippen molar-refractivity contribution >= 4 is 11.9 Å². The van der Waals surface area contributed by atoms with Crippen molar-refractivity contribution in [2.75, 3.05) is 13.2 Å². The van der Waals surface area contributed by atoms with E-state index in [2.05, 4.69) is 5.32 Å². The lowest BCUT2D eigenvalue weighted by atomic mass is 10.1. The third kappa shape index (κ3) is 6.24. The average Bonchev–Trinajstić information content (AvgIpc) is 2.60. The van der Waals surface area contributed by atoms with Crippen LogP contribution in [0.15, 0.2) is 48.5 Å². The summed E-state index contributed by atoms with van der Waals surface area (Å²) >= 11 is 0. The summed E-state index contributed by atoms with van der Waals surface area (Å²) in [6.07, 6.45) is 0.370. The van der Waals surface area contributed by atoms with Crippen LogP contribution in [0.4, 0.5) is 0 Å². The van der Waals surface area contributed by atoms with Crippen molar-refractivity contribution in [3.05, 3.63) is 65.2 Å². The van der Waals surface area contributed by atoms with E-state index in [1.165, 1.54) is 0 Å². The highest BCUT2D eigenvalue weighted by Gasteiger charge is 2.22. The van der Waals surface area contributed by atoms with Crippen LogP contribution in [-0.4, -0.2) is 31.1 Å². The van der Waals surface area contributed by atoms with Crippen molar-refractivity contribution in [2.45, 2.75) is 33.2 Å². The highest BCUT2D eigenvalue weighted by molar-refractivity contribution is 5.85. The molecule has 2 aromatic carbocycles. The molecule has 0 aliphatic rings. The third-order valence-electron chi connectivity index (χ3n) is 3.75. The number of nitrogens with one attached hydrogen (secondary N) is 1. The second kappa shape index (κ2) is 9.61. The van der Waals surface area contributed by atoms with Gasteiger partial charge in [0.1, 0.15) is 11.8 Å². The van der Waals surface area contributed by atoms with E-state index < -0.39 is 12.0 Å². The lowest BCUT2D eigenvalue weighted by molar-refractivity contribution is -0.147. The second-order valence-corrected chi connectivity index (χ2v) is 6.17. The van der Waals surface area contributed by atoms with Crippen LogP contribution in [0, 0.1) is 13.8 Å². The van der Waals surface area contributed by atoms with Crippen molar-refractivity contribution in [1.29, 1.82) is 0 Å². The largest absolute Gasteiger partial charge is 0.484 e. The standard InChI is InChI=1S/C21H25NO4/c1-4-25-21(24)19(13-17-8-6-5-7-9-17)22-20(23)14-26-18-11-15(2)10-16(3)12-18/h5-12,19H,4,13-14H2,1-3H3,(H,22,23). The molecule has 5 nitrogen and oxygen atoms in total. The van der Waals surface area contributed by atoms with Crippen molar-refractivity contribution in [3.8, 4) is 5.75 Å². The first-order chi connectivity index (χ1) is 12.5. The molecule has 2 aromatic rings. The van der Waals surface area contributed by atoms with Crippen LogP contribution in [0.5, 0.6) is 5.75 Å². The SMILES string of the molecule is CCOC(=O)C(Cc1ccccc1)NC(=O)COc1cc(C)cc(C)c1. The number of amides is 1. The minimum absolute atomic E-state index is 0.159. The van der Waals surface area contributed by atoms with E-state index in [-0.39, 0.29) is 19.1 Å². The summed E-state index contributed by atoms with van der Waals surface area (Å²) in [5.41, 5.74) is 3.07. The number of carbonyl (C=O) groups is 2. The van der Waals surface area contributed by atoms with Crippen LogP contribution < -0.4 is 10.1 Å². The first-order valence-corrected chi connectivity index (χ1v) is 8.69. The first-order valence-electron chi connectivity index (χ1n) is 8.69. The third-order valence-corrected chi connectivity index (χ3v) is 3.75. The van der Waals surface area contributed by atoms with Crippen LogP contribution in [0.3, 0.4) is 0 Å². The average molecular weight is 355 g/mol. The zero-order chi connectivity index (χ0) is 18.9. The maximum absolute atomic E-state index is 12.3. The molecule has 0 spiro atoms. The normalized spacial score (nSPS) is 11.5. The summed E-state index contributed by atoms with van der Waals surface area (Å²) in [6, 6.07) is 14.5. The molecule has 26 heavy (non-hydrogen) atoms. The van der Waals surface area contributed by atoms with Gasteiger partial charge in [-0.25, -0.2) is 4.79 Å². The van der Waals surface area contributed by atoms with E-state index in [9.17, 15) is 9.59 Å². The molecule has 1 amide bonds. The van der Waals surface area contributed by atoms with Gasteiger partial charge < -0.3 is 14.8 Å². The van der Waals surface area contributed by atoms with Crippen molar-refractivity contribution < 1.29 is 19.1 Å². The molecule has 0 bridgehead atoms. The maximum atomic E-state index is 12.3. The summed E-state index contributed by atoms with van der Waals surface area (Å²) in [5, 5.41) is 2.71. The van der Waals surface area contributed by atoms with Gasteiger partial charge in [0, 0.05) is 6.42 Å². The monoisotopic (exact) mass is 355 g/mol. The molecule has 0 saturated heterocycles. The summed E-state index contributed by atoms with van der Waals surface area (Å²) < 4.78 is 10.6. The molecule has 0 aliphatic carbocycles. The van der Waals surface area contributed by atoms with Gasteiger partial charge in [-0.05, 0) is 49.6 Å². The summed E-state index contributed by atoms with van der Waals surface area (Å²) in [7, 11) is 0. The zero-order valence-corrected chi connectivity index (χ0v) is 15.5. The molecular formula is C21H25NO4. The number of benzene rings is 2. The first kappa shape index (κ1) is 19.5. The molecule has 138 valence electrons. The van der Waals surface area contributed by atoms with Crippen LogP contribution in [-0.2, 0) is 20.7 Å². The van der Waals surface area contributed by atoms with Gasteiger partial charge in [-0.15, -0.1) is 0 Å². The summed E-state index contributed by atoms with van der Waals surface area (Å²) in [4.78, 5) is 24.4. The van der Waals surface area contributed by atoms with E-state index >= 15 is 0 Å². The fourth-order valence-corrected chi connectivity index (χ4v) is 2.69. The number of hydrogen-bond donors (Lipinski definition) is 1. The van der Waals surface area contributed by atoms with Crippen LogP contribution >= 0.6 is 0 Å². The van der Waals surface area contributed by atoms with Gasteiger partial charge in [-0.1, -0.05) is 36.4 Å². The smallest absolute Gasteiger partial charge is 0.328 e. The lowest BCUT2D eigenvalue weighted by Crippen LogP contribution is -2.45. The van der Waals surface area contributed by atoms with Gasteiger partial charge in [0.25, 0.3) is 5.91 Å². The van der Waals surface area contributed by atoms with Gasteiger partial charge in [0.15, 0.2) is 6.61 Å². The zero-order valence-electron chi connectivity index (χ0n) is 15.5. The Kier molecular flexibility index (Phi) is 7.21. The van der Waals surface area contributed by atoms with Gasteiger partial charge >= 0.3 is 5.97 Å². The molecule has 5 heteroatoms. The molecule has 0 aromatic heterocycles. The topological polar surface area (TPSA) is 64.6 Å². The number of aryl methyl sites for hydroxylation is 2. The quantitative estimate of drug-likeness (QED) is 0.740. The molecule has 2 rings (SSSR count). The molecule has 0 aliphatic heterocycles. The van der Waals surface area contributed by atoms with E-state index in [4.69, 9.17) is 9.47 Å². The van der Waals surface area contributed by atoms with E-state index in [0.29, 0.717) is 12.2 Å². The molecule has 1 atom stereocenters. The Bertz CT molecular complexity index is 723.